The van der Waals surface area contributed by atoms with E-state index in [-0.39, 0.29) is 6.04 Å². The van der Waals surface area contributed by atoms with Gasteiger partial charge in [-0.1, -0.05) is 36.4 Å². The molecule has 2 aromatic carbocycles. The molecule has 5 heteroatoms. The quantitative estimate of drug-likeness (QED) is 0.880. The van der Waals surface area contributed by atoms with Crippen LogP contribution in [0.5, 0.6) is 0 Å². The zero-order valence-corrected chi connectivity index (χ0v) is 12.8. The molecule has 1 N–H and O–H groups in total. The summed E-state index contributed by atoms with van der Waals surface area (Å²) in [6.07, 6.45) is 3.09. The molecule has 4 nitrogen and oxygen atoms in total. The average Bonchev–Trinajstić information content (AvgIpc) is 2.79. The van der Waals surface area contributed by atoms with Crippen LogP contribution in [-0.4, -0.2) is 14.3 Å². The van der Waals surface area contributed by atoms with Gasteiger partial charge in [-0.3, -0.25) is 9.71 Å². The maximum absolute atomic E-state index is 12.2. The largest absolute Gasteiger partial charge is 0.263 e. The van der Waals surface area contributed by atoms with E-state index < -0.39 is 10.0 Å². The summed E-state index contributed by atoms with van der Waals surface area (Å²) in [5, 5.41) is 0. The van der Waals surface area contributed by atoms with E-state index in [1.54, 1.807) is 18.2 Å². The van der Waals surface area contributed by atoms with Crippen molar-refractivity contribution in [3.63, 3.8) is 0 Å². The molecule has 0 spiro atoms. The lowest BCUT2D eigenvalue weighted by atomic mass is 9.88. The van der Waals surface area contributed by atoms with Gasteiger partial charge in [-0.25, -0.2) is 8.42 Å². The molecule has 2 aliphatic rings. The number of aliphatic imine (C=N–C) groups is 1. The number of sulfonamides is 1. The van der Waals surface area contributed by atoms with Crippen molar-refractivity contribution in [2.45, 2.75) is 30.2 Å². The van der Waals surface area contributed by atoms with E-state index in [0.29, 0.717) is 16.3 Å². The summed E-state index contributed by atoms with van der Waals surface area (Å²) in [5.74, 6) is 0.470. The molecule has 0 aromatic heterocycles. The van der Waals surface area contributed by atoms with Crippen LogP contribution >= 0.6 is 0 Å². The fraction of sp³-hybridized carbons (Fsp3) is 0.235. The molecule has 112 valence electrons. The van der Waals surface area contributed by atoms with Crippen LogP contribution in [0.2, 0.25) is 0 Å². The normalized spacial score (nSPS) is 23.6. The van der Waals surface area contributed by atoms with Gasteiger partial charge < -0.3 is 0 Å². The van der Waals surface area contributed by atoms with E-state index in [4.69, 9.17) is 4.99 Å². The van der Waals surface area contributed by atoms with Gasteiger partial charge in [0.1, 0.15) is 5.84 Å². The Morgan fingerprint density at radius 1 is 1.05 bits per heavy atom. The SMILES string of the molecule is O=S1(=O)NC(=N[C@@H]2CCCc3ccccc32)c2ccccc21. The second-order valence-corrected chi connectivity index (χ2v) is 7.34. The van der Waals surface area contributed by atoms with Crippen LogP contribution < -0.4 is 4.72 Å². The molecule has 4 rings (SSSR count). The van der Waals surface area contributed by atoms with Crippen LogP contribution in [0.4, 0.5) is 0 Å². The maximum atomic E-state index is 12.2. The highest BCUT2D eigenvalue weighted by atomic mass is 32.2. The molecule has 0 fully saturated rings. The second kappa shape index (κ2) is 4.95. The fourth-order valence-corrected chi connectivity index (χ4v) is 4.49. The highest BCUT2D eigenvalue weighted by Gasteiger charge is 2.31. The standard InChI is InChI=1S/C17H16N2O2S/c20-22(21)16-11-4-3-9-14(16)17(19-22)18-15-10-5-7-12-6-1-2-8-13(12)15/h1-4,6,8-9,11,15H,5,7,10H2,(H,18,19)/t15-/m1/s1. The molecular weight excluding hydrogens is 296 g/mol. The van der Waals surface area contributed by atoms with Crippen LogP contribution in [0.15, 0.2) is 58.4 Å². The van der Waals surface area contributed by atoms with Crippen molar-refractivity contribution < 1.29 is 8.42 Å². The predicted octanol–water partition coefficient (Wildman–Crippen LogP) is 2.80. The summed E-state index contributed by atoms with van der Waals surface area (Å²) in [4.78, 5) is 5.06. The third-order valence-electron chi connectivity index (χ3n) is 4.29. The molecule has 1 aliphatic heterocycles. The lowest BCUT2D eigenvalue weighted by Crippen LogP contribution is -2.23. The Morgan fingerprint density at radius 3 is 2.73 bits per heavy atom. The van der Waals surface area contributed by atoms with Gasteiger partial charge in [0, 0.05) is 5.56 Å². The molecule has 1 heterocycles. The van der Waals surface area contributed by atoms with Crippen LogP contribution in [-0.2, 0) is 16.4 Å². The van der Waals surface area contributed by atoms with Gasteiger partial charge in [0.15, 0.2) is 0 Å². The Hall–Kier alpha value is -2.14. The average molecular weight is 312 g/mol. The molecule has 22 heavy (non-hydrogen) atoms. The first-order valence-corrected chi connectivity index (χ1v) is 8.91. The van der Waals surface area contributed by atoms with E-state index in [1.165, 1.54) is 11.1 Å². The first-order chi connectivity index (χ1) is 10.6. The molecular formula is C17H16N2O2S. The minimum atomic E-state index is -3.46. The topological polar surface area (TPSA) is 58.5 Å². The highest BCUT2D eigenvalue weighted by Crippen LogP contribution is 2.34. The Morgan fingerprint density at radius 2 is 1.82 bits per heavy atom. The zero-order chi connectivity index (χ0) is 15.2. The van der Waals surface area contributed by atoms with Gasteiger partial charge in [0.05, 0.1) is 10.9 Å². The summed E-state index contributed by atoms with van der Waals surface area (Å²) in [6, 6.07) is 15.3. The number of fused-ring (bicyclic) bond motifs is 2. The van der Waals surface area contributed by atoms with E-state index in [2.05, 4.69) is 16.9 Å². The van der Waals surface area contributed by atoms with Gasteiger partial charge in [-0.2, -0.15) is 0 Å². The smallest absolute Gasteiger partial charge is 0.263 e. The van der Waals surface area contributed by atoms with Gasteiger partial charge >= 0.3 is 0 Å². The zero-order valence-electron chi connectivity index (χ0n) is 12.0. The van der Waals surface area contributed by atoms with E-state index in [1.807, 2.05) is 18.2 Å². The Labute approximate surface area is 130 Å². The number of hydrogen-bond acceptors (Lipinski definition) is 3. The number of amidine groups is 1. The van der Waals surface area contributed by atoms with Crippen molar-refractivity contribution in [2.24, 2.45) is 4.99 Å². The van der Waals surface area contributed by atoms with Crippen LogP contribution in [0.25, 0.3) is 0 Å². The molecule has 0 amide bonds. The van der Waals surface area contributed by atoms with Crippen molar-refractivity contribution >= 4 is 15.9 Å². The van der Waals surface area contributed by atoms with E-state index >= 15 is 0 Å². The summed E-state index contributed by atoms with van der Waals surface area (Å²) in [6.45, 7) is 0. The van der Waals surface area contributed by atoms with Crippen LogP contribution in [0, 0.1) is 0 Å². The van der Waals surface area contributed by atoms with Crippen LogP contribution in [0.1, 0.15) is 35.6 Å². The molecule has 0 saturated heterocycles. The summed E-state index contributed by atoms with van der Waals surface area (Å²) >= 11 is 0. The monoisotopic (exact) mass is 312 g/mol. The van der Waals surface area contributed by atoms with Crippen LogP contribution in [0.3, 0.4) is 0 Å². The Bertz CT molecular complexity index is 872. The minimum absolute atomic E-state index is 0.0220. The van der Waals surface area contributed by atoms with Crippen molar-refractivity contribution in [3.8, 4) is 0 Å². The third kappa shape index (κ3) is 2.13. The van der Waals surface area contributed by atoms with E-state index in [0.717, 1.165) is 19.3 Å². The predicted molar refractivity (Wildman–Crippen MR) is 85.4 cm³/mol. The Balaban J connectivity index is 1.80. The van der Waals surface area contributed by atoms with Crippen molar-refractivity contribution in [1.82, 2.24) is 4.72 Å². The Kier molecular flexibility index (Phi) is 3.04. The van der Waals surface area contributed by atoms with Crippen molar-refractivity contribution in [2.75, 3.05) is 0 Å². The van der Waals surface area contributed by atoms with Gasteiger partial charge in [-0.15, -0.1) is 0 Å². The lowest BCUT2D eigenvalue weighted by Gasteiger charge is -2.22. The molecule has 1 aliphatic carbocycles. The summed E-state index contributed by atoms with van der Waals surface area (Å²) in [7, 11) is -3.46. The third-order valence-corrected chi connectivity index (χ3v) is 5.68. The number of rotatable bonds is 1. The minimum Gasteiger partial charge on any atom is -0.263 e. The van der Waals surface area contributed by atoms with Gasteiger partial charge in [-0.05, 0) is 42.5 Å². The number of nitrogens with zero attached hydrogens (tertiary/aromatic N) is 1. The number of nitrogens with one attached hydrogen (secondary N) is 1. The molecule has 1 atom stereocenters. The van der Waals surface area contributed by atoms with E-state index in [9.17, 15) is 8.42 Å². The molecule has 0 saturated carbocycles. The first kappa shape index (κ1) is 13.5. The van der Waals surface area contributed by atoms with Gasteiger partial charge in [0.2, 0.25) is 0 Å². The molecule has 0 bridgehead atoms. The fourth-order valence-electron chi connectivity index (χ4n) is 3.25. The number of aryl methyl sites for hydroxylation is 1. The van der Waals surface area contributed by atoms with Gasteiger partial charge in [0.25, 0.3) is 10.0 Å². The number of hydrogen-bond donors (Lipinski definition) is 1. The summed E-state index contributed by atoms with van der Waals surface area (Å²) < 4.78 is 26.9. The van der Waals surface area contributed by atoms with Crippen molar-refractivity contribution in [3.05, 3.63) is 65.2 Å². The maximum Gasteiger partial charge on any atom is 0.263 e. The second-order valence-electron chi connectivity index (χ2n) is 5.69. The number of benzene rings is 2. The molecule has 0 radical (unpaired) electrons. The molecule has 2 aromatic rings. The van der Waals surface area contributed by atoms with Crippen molar-refractivity contribution in [1.29, 1.82) is 0 Å². The molecule has 0 unspecified atom stereocenters. The summed E-state index contributed by atoms with van der Waals surface area (Å²) in [5.41, 5.74) is 3.20. The lowest BCUT2D eigenvalue weighted by molar-refractivity contribution is 0.571. The first-order valence-electron chi connectivity index (χ1n) is 7.43. The highest BCUT2D eigenvalue weighted by molar-refractivity contribution is 7.90.